The second kappa shape index (κ2) is 38.4. The van der Waals surface area contributed by atoms with Gasteiger partial charge in [-0.15, -0.1) is 0 Å². The zero-order valence-electron chi connectivity index (χ0n) is 39.6. The SMILES string of the molecule is CC/C=C\C/C=C\C/C=C\C/C=C\C/C=C\C=C/C(O)CCC(=O)O[C@H](COC(=O)CCCCCCC/C=C\C/C=C\C/C=C\CC)COP(=O)(O)O[C@H]1C(O)C(O)C(O)[C@@H](OP(=O)(O)O)C1O. The number of unbranched alkanes of at least 4 members (excludes halogenated alkanes) is 5. The number of carbonyl (C=O) groups excluding carboxylic acids is 2. The highest BCUT2D eigenvalue weighted by Crippen LogP contribution is 2.49. The molecule has 0 saturated heterocycles. The normalized spacial score (nSPS) is 22.7. The topological polar surface area (TPSA) is 276 Å². The molecule has 0 bridgehead atoms. The molecule has 1 saturated carbocycles. The molecule has 0 aromatic heterocycles. The van der Waals surface area contributed by atoms with E-state index in [1.165, 1.54) is 6.08 Å². The van der Waals surface area contributed by atoms with E-state index in [0.717, 1.165) is 77.0 Å². The van der Waals surface area contributed by atoms with Crippen molar-refractivity contribution >= 4 is 27.6 Å². The molecular formula is C49H78O17P2. The molecule has 0 heterocycles. The van der Waals surface area contributed by atoms with Gasteiger partial charge in [-0.05, 0) is 77.0 Å². The van der Waals surface area contributed by atoms with Gasteiger partial charge in [-0.2, -0.15) is 0 Å². The first kappa shape index (κ1) is 62.6. The van der Waals surface area contributed by atoms with E-state index in [-0.39, 0.29) is 19.3 Å². The Bertz CT molecular complexity index is 1750. The van der Waals surface area contributed by atoms with Crippen molar-refractivity contribution in [1.29, 1.82) is 0 Å². The summed E-state index contributed by atoms with van der Waals surface area (Å²) in [6.45, 7) is 2.65. The predicted octanol–water partition coefficient (Wildman–Crippen LogP) is 7.92. The number of allylic oxidation sites excluding steroid dienone is 17. The molecule has 0 radical (unpaired) electrons. The number of ether oxygens (including phenoxy) is 2. The molecule has 6 unspecified atom stereocenters. The van der Waals surface area contributed by atoms with E-state index in [9.17, 15) is 58.9 Å². The second-order valence-corrected chi connectivity index (χ2v) is 18.5. The van der Waals surface area contributed by atoms with E-state index < -0.39 is 89.6 Å². The third kappa shape index (κ3) is 32.4. The van der Waals surface area contributed by atoms with Crippen molar-refractivity contribution in [2.24, 2.45) is 0 Å². The lowest BCUT2D eigenvalue weighted by Gasteiger charge is -2.43. The number of phosphoric ester groups is 2. The molecule has 9 atom stereocenters. The van der Waals surface area contributed by atoms with Crippen molar-refractivity contribution < 1.29 is 82.0 Å². The van der Waals surface area contributed by atoms with Crippen LogP contribution >= 0.6 is 15.6 Å². The van der Waals surface area contributed by atoms with Crippen molar-refractivity contribution in [3.05, 3.63) is 109 Å². The van der Waals surface area contributed by atoms with Crippen LogP contribution in [0.4, 0.5) is 0 Å². The summed E-state index contributed by atoms with van der Waals surface area (Å²) in [5.74, 6) is -1.52. The van der Waals surface area contributed by atoms with Gasteiger partial charge in [0.1, 0.15) is 43.2 Å². The smallest absolute Gasteiger partial charge is 0.462 e. The van der Waals surface area contributed by atoms with Gasteiger partial charge in [0.2, 0.25) is 0 Å². The first-order valence-electron chi connectivity index (χ1n) is 23.5. The summed E-state index contributed by atoms with van der Waals surface area (Å²) in [6.07, 6.45) is 32.2. The van der Waals surface area contributed by atoms with Crippen LogP contribution < -0.4 is 0 Å². The third-order valence-corrected chi connectivity index (χ3v) is 11.5. The number of esters is 2. The van der Waals surface area contributed by atoms with Gasteiger partial charge in [0.25, 0.3) is 0 Å². The van der Waals surface area contributed by atoms with Gasteiger partial charge in [-0.1, -0.05) is 142 Å². The zero-order valence-corrected chi connectivity index (χ0v) is 41.4. The lowest BCUT2D eigenvalue weighted by atomic mass is 9.85. The van der Waals surface area contributed by atoms with Crippen LogP contribution in [-0.2, 0) is 41.8 Å². The monoisotopic (exact) mass is 1000 g/mol. The van der Waals surface area contributed by atoms with Gasteiger partial charge in [0.05, 0.1) is 12.7 Å². The summed E-state index contributed by atoms with van der Waals surface area (Å²) >= 11 is 0. The highest BCUT2D eigenvalue weighted by Gasteiger charge is 2.54. The minimum absolute atomic E-state index is 0.0444. The van der Waals surface area contributed by atoms with E-state index in [0.29, 0.717) is 12.8 Å². The molecule has 386 valence electrons. The van der Waals surface area contributed by atoms with E-state index in [4.69, 9.17) is 18.5 Å². The van der Waals surface area contributed by atoms with Gasteiger partial charge in [0.15, 0.2) is 6.10 Å². The number of rotatable bonds is 37. The summed E-state index contributed by atoms with van der Waals surface area (Å²) in [5, 5.41) is 51.6. The van der Waals surface area contributed by atoms with E-state index in [2.05, 4.69) is 91.3 Å². The van der Waals surface area contributed by atoms with Gasteiger partial charge >= 0.3 is 27.6 Å². The Labute approximate surface area is 402 Å². The molecule has 1 aliphatic rings. The molecule has 68 heavy (non-hydrogen) atoms. The first-order valence-corrected chi connectivity index (χ1v) is 26.6. The van der Waals surface area contributed by atoms with Crippen LogP contribution in [-0.4, -0.2) is 114 Å². The summed E-state index contributed by atoms with van der Waals surface area (Å²) in [6, 6.07) is 0. The van der Waals surface area contributed by atoms with E-state index in [1.807, 2.05) is 18.2 Å². The van der Waals surface area contributed by atoms with Crippen molar-refractivity contribution in [2.75, 3.05) is 13.2 Å². The van der Waals surface area contributed by atoms with Crippen molar-refractivity contribution in [1.82, 2.24) is 0 Å². The van der Waals surface area contributed by atoms with Crippen LogP contribution in [0.15, 0.2) is 109 Å². The van der Waals surface area contributed by atoms with Crippen LogP contribution in [0.3, 0.4) is 0 Å². The molecular weight excluding hydrogens is 922 g/mol. The van der Waals surface area contributed by atoms with Crippen LogP contribution in [0, 0.1) is 0 Å². The fraction of sp³-hybridized carbons (Fsp3) is 0.592. The molecule has 0 spiro atoms. The summed E-state index contributed by atoms with van der Waals surface area (Å²) in [4.78, 5) is 54.3. The summed E-state index contributed by atoms with van der Waals surface area (Å²) in [5.41, 5.74) is 0. The Morgan fingerprint density at radius 2 is 1.03 bits per heavy atom. The lowest BCUT2D eigenvalue weighted by Crippen LogP contribution is -2.64. The van der Waals surface area contributed by atoms with Gasteiger partial charge in [0, 0.05) is 12.8 Å². The highest BCUT2D eigenvalue weighted by atomic mass is 31.2. The Morgan fingerprint density at radius 3 is 1.57 bits per heavy atom. The number of aliphatic hydroxyl groups is 5. The number of carbonyl (C=O) groups is 2. The molecule has 8 N–H and O–H groups in total. The molecule has 1 aliphatic carbocycles. The first-order chi connectivity index (χ1) is 32.5. The number of hydrogen-bond acceptors (Lipinski definition) is 14. The van der Waals surface area contributed by atoms with Gasteiger partial charge in [-0.25, -0.2) is 9.13 Å². The molecule has 1 fully saturated rings. The van der Waals surface area contributed by atoms with Crippen molar-refractivity contribution in [3.8, 4) is 0 Å². The zero-order chi connectivity index (χ0) is 50.5. The molecule has 0 aromatic rings. The molecule has 17 nitrogen and oxygen atoms in total. The lowest BCUT2D eigenvalue weighted by molar-refractivity contribution is -0.216. The fourth-order valence-electron chi connectivity index (χ4n) is 6.32. The van der Waals surface area contributed by atoms with E-state index >= 15 is 0 Å². The summed E-state index contributed by atoms with van der Waals surface area (Å²) in [7, 11) is -10.8. The number of phosphoric acid groups is 2. The van der Waals surface area contributed by atoms with Gasteiger partial charge in [-0.3, -0.25) is 23.2 Å². The number of hydrogen-bond donors (Lipinski definition) is 8. The van der Waals surface area contributed by atoms with Crippen molar-refractivity contribution in [3.63, 3.8) is 0 Å². The molecule has 0 aromatic carbocycles. The standard InChI is InChI=1S/C49H78O17P2/c1-3-5-7-9-11-13-15-17-19-21-22-24-26-28-30-32-34-40(50)36-37-43(52)64-41(38-62-42(51)35-33-31-29-27-25-23-20-18-16-14-12-10-8-6-4-2)39-63-68(60,61)66-49-46(55)44(53)45(54)48(47(49)56)65-67(57,58)59/h5-8,11-14,17-20,22,24,28,30,32,34,40-41,44-50,53-56H,3-4,9-10,15-16,21,23,25-27,29,31,33,35-39H2,1-2H3,(H,60,61)(H2,57,58,59)/b7-5-,8-6-,13-11-,14-12-,19-17-,20-18-,24-22-,30-28-,34-32-/t40?,41-,44?,45?,46?,47?,48-,49+/m1/s1. The van der Waals surface area contributed by atoms with Crippen LogP contribution in [0.5, 0.6) is 0 Å². The maximum Gasteiger partial charge on any atom is 0.472 e. The quantitative estimate of drug-likeness (QED) is 0.00965. The Balaban J connectivity index is 2.72. The minimum Gasteiger partial charge on any atom is -0.462 e. The Kier molecular flexibility index (Phi) is 35.4. The average Bonchev–Trinajstić information content (AvgIpc) is 3.29. The minimum atomic E-state index is -5.40. The molecule has 19 heteroatoms. The Morgan fingerprint density at radius 1 is 0.544 bits per heavy atom. The van der Waals surface area contributed by atoms with Crippen LogP contribution in [0.2, 0.25) is 0 Å². The third-order valence-electron chi connectivity index (χ3n) is 9.96. The average molecular weight is 1000 g/mol. The highest BCUT2D eigenvalue weighted by molar-refractivity contribution is 7.47. The second-order valence-electron chi connectivity index (χ2n) is 15.9. The maximum atomic E-state index is 13.0. The predicted molar refractivity (Wildman–Crippen MR) is 261 cm³/mol. The largest absolute Gasteiger partial charge is 0.472 e. The van der Waals surface area contributed by atoms with Gasteiger partial charge < -0.3 is 49.7 Å². The molecule has 0 amide bonds. The fourth-order valence-corrected chi connectivity index (χ4v) is 7.86. The van der Waals surface area contributed by atoms with Crippen LogP contribution in [0.25, 0.3) is 0 Å². The van der Waals surface area contributed by atoms with E-state index in [1.54, 1.807) is 12.2 Å². The van der Waals surface area contributed by atoms with Crippen LogP contribution in [0.1, 0.15) is 123 Å². The molecule has 1 rings (SSSR count). The summed E-state index contributed by atoms with van der Waals surface area (Å²) < 4.78 is 49.1. The molecule has 0 aliphatic heterocycles. The maximum absolute atomic E-state index is 13.0. The Hall–Kier alpha value is -3.38. The van der Waals surface area contributed by atoms with Crippen molar-refractivity contribution in [2.45, 2.75) is 172 Å². The number of aliphatic hydroxyl groups excluding tert-OH is 5.